The summed E-state index contributed by atoms with van der Waals surface area (Å²) in [5.41, 5.74) is 8.11. The van der Waals surface area contributed by atoms with Crippen molar-refractivity contribution in [2.45, 2.75) is 38.5 Å². The highest BCUT2D eigenvalue weighted by Crippen LogP contribution is 2.54. The van der Waals surface area contributed by atoms with Gasteiger partial charge in [-0.15, -0.1) is 0 Å². The van der Waals surface area contributed by atoms with E-state index in [1.54, 1.807) is 0 Å². The molecule has 9 rings (SSSR count). The first-order valence-electron chi connectivity index (χ1n) is 16.7. The fourth-order valence-electron chi connectivity index (χ4n) is 7.78. The highest BCUT2D eigenvalue weighted by Gasteiger charge is 2.45. The Morgan fingerprint density at radius 1 is 0.354 bits per heavy atom. The van der Waals surface area contributed by atoms with Crippen LogP contribution in [0.1, 0.15) is 38.8 Å². The summed E-state index contributed by atoms with van der Waals surface area (Å²) < 4.78 is 0. The lowest BCUT2D eigenvalue weighted by molar-refractivity contribution is 0.299. The second-order valence-corrected chi connectivity index (χ2v) is 14.1. The smallest absolute Gasteiger partial charge is 0.164 e. The Balaban J connectivity index is 1.27. The molecule has 230 valence electrons. The summed E-state index contributed by atoms with van der Waals surface area (Å²) in [5, 5.41) is 7.30. The molecule has 3 heteroatoms. The highest BCUT2D eigenvalue weighted by atomic mass is 15.0. The lowest BCUT2D eigenvalue weighted by atomic mass is 9.55. The minimum absolute atomic E-state index is 0.0241. The van der Waals surface area contributed by atoms with E-state index in [1.165, 1.54) is 49.2 Å². The van der Waals surface area contributed by atoms with Crippen molar-refractivity contribution >= 4 is 32.3 Å². The van der Waals surface area contributed by atoms with Crippen molar-refractivity contribution in [3.05, 3.63) is 151 Å². The molecule has 0 N–H and O–H groups in total. The Kier molecular flexibility index (Phi) is 6.20. The van der Waals surface area contributed by atoms with E-state index in [-0.39, 0.29) is 10.8 Å². The summed E-state index contributed by atoms with van der Waals surface area (Å²) in [5.74, 6) is 2.01. The number of rotatable bonds is 3. The molecule has 8 aromatic rings. The van der Waals surface area contributed by atoms with E-state index >= 15 is 0 Å². The van der Waals surface area contributed by atoms with E-state index in [1.807, 2.05) is 18.2 Å². The Hall–Kier alpha value is -5.67. The van der Waals surface area contributed by atoms with E-state index < -0.39 is 0 Å². The third kappa shape index (κ3) is 4.17. The van der Waals surface area contributed by atoms with Crippen molar-refractivity contribution in [3.8, 4) is 45.3 Å². The Morgan fingerprint density at radius 3 is 1.75 bits per heavy atom. The van der Waals surface area contributed by atoms with Gasteiger partial charge in [0.25, 0.3) is 0 Å². The van der Waals surface area contributed by atoms with Gasteiger partial charge in [0.1, 0.15) is 0 Å². The van der Waals surface area contributed by atoms with Crippen LogP contribution < -0.4 is 0 Å². The molecule has 0 fully saturated rings. The van der Waals surface area contributed by atoms with Gasteiger partial charge in [-0.2, -0.15) is 0 Å². The van der Waals surface area contributed by atoms with E-state index in [2.05, 4.69) is 149 Å². The lowest BCUT2D eigenvalue weighted by Crippen LogP contribution is -2.43. The number of hydrogen-bond donors (Lipinski definition) is 0. The van der Waals surface area contributed by atoms with Gasteiger partial charge in [0.2, 0.25) is 0 Å². The van der Waals surface area contributed by atoms with Crippen LogP contribution in [-0.4, -0.2) is 15.0 Å². The molecule has 0 saturated carbocycles. The van der Waals surface area contributed by atoms with Gasteiger partial charge in [0.15, 0.2) is 17.5 Å². The molecule has 0 atom stereocenters. The fourth-order valence-corrected chi connectivity index (χ4v) is 7.78. The third-order valence-corrected chi connectivity index (χ3v) is 11.1. The zero-order chi connectivity index (χ0) is 32.6. The molecule has 1 aliphatic carbocycles. The summed E-state index contributed by atoms with van der Waals surface area (Å²) in [6.45, 7) is 9.46. The Bertz CT molecular complexity index is 2560. The summed E-state index contributed by atoms with van der Waals surface area (Å²) in [6, 6.07) is 49.8. The molecule has 0 amide bonds. The summed E-state index contributed by atoms with van der Waals surface area (Å²) in [4.78, 5) is 15.5. The van der Waals surface area contributed by atoms with Crippen molar-refractivity contribution in [1.82, 2.24) is 15.0 Å². The molecule has 0 spiro atoms. The van der Waals surface area contributed by atoms with Gasteiger partial charge in [-0.25, -0.2) is 15.0 Å². The van der Waals surface area contributed by atoms with Crippen LogP contribution in [0, 0.1) is 0 Å². The molecule has 0 aliphatic heterocycles. The summed E-state index contributed by atoms with van der Waals surface area (Å²) in [6.07, 6.45) is 0. The quantitative estimate of drug-likeness (QED) is 0.185. The van der Waals surface area contributed by atoms with Gasteiger partial charge >= 0.3 is 0 Å². The van der Waals surface area contributed by atoms with Gasteiger partial charge in [0.05, 0.1) is 0 Å². The lowest BCUT2D eigenvalue weighted by Gasteiger charge is -2.48. The molecule has 0 unspecified atom stereocenters. The van der Waals surface area contributed by atoms with Crippen LogP contribution in [0.25, 0.3) is 77.6 Å². The highest BCUT2D eigenvalue weighted by molar-refractivity contribution is 6.19. The van der Waals surface area contributed by atoms with Crippen molar-refractivity contribution in [3.63, 3.8) is 0 Å². The van der Waals surface area contributed by atoms with Crippen LogP contribution in [0.15, 0.2) is 140 Å². The SMILES string of the molecule is CC1(C)c2ccccc2-c2cc(-c3nc(-c4ccccc4)nc(-c4cccc5c4ccc4c6ccccc6ccc54)n3)ccc2C1(C)C. The van der Waals surface area contributed by atoms with Gasteiger partial charge in [-0.3, -0.25) is 0 Å². The number of hydrogen-bond acceptors (Lipinski definition) is 3. The molecule has 48 heavy (non-hydrogen) atoms. The number of fused-ring (bicyclic) bond motifs is 8. The van der Waals surface area contributed by atoms with Crippen LogP contribution in [0.5, 0.6) is 0 Å². The molecule has 0 radical (unpaired) electrons. The third-order valence-electron chi connectivity index (χ3n) is 11.1. The molecular formula is C45H35N3. The van der Waals surface area contributed by atoms with Crippen LogP contribution >= 0.6 is 0 Å². The Labute approximate surface area is 281 Å². The maximum Gasteiger partial charge on any atom is 0.164 e. The minimum atomic E-state index is -0.0638. The minimum Gasteiger partial charge on any atom is -0.208 e. The molecular weight excluding hydrogens is 583 g/mol. The van der Waals surface area contributed by atoms with Crippen molar-refractivity contribution in [1.29, 1.82) is 0 Å². The molecule has 0 bridgehead atoms. The average Bonchev–Trinajstić information content (AvgIpc) is 3.13. The molecule has 1 aromatic heterocycles. The molecule has 3 nitrogen and oxygen atoms in total. The van der Waals surface area contributed by atoms with Crippen LogP contribution in [0.4, 0.5) is 0 Å². The predicted molar refractivity (Wildman–Crippen MR) is 200 cm³/mol. The molecule has 0 saturated heterocycles. The standard InChI is InChI=1S/C45H35N3/c1-44(2)39-20-11-10-17-36(39)38-27-30(22-26-40(38)45(44,3)4)42-46-41(29-14-6-5-7-15-29)47-43(48-42)37-19-12-18-32-34-23-21-28-13-8-9-16-31(28)33(34)24-25-35(32)37/h5-27H,1-4H3. The first kappa shape index (κ1) is 28.5. The molecule has 1 aliphatic rings. The first-order valence-corrected chi connectivity index (χ1v) is 16.7. The van der Waals surface area contributed by atoms with Crippen LogP contribution in [-0.2, 0) is 10.8 Å². The number of nitrogens with zero attached hydrogens (tertiary/aromatic N) is 3. The van der Waals surface area contributed by atoms with E-state index in [9.17, 15) is 0 Å². The van der Waals surface area contributed by atoms with Crippen molar-refractivity contribution in [2.75, 3.05) is 0 Å². The topological polar surface area (TPSA) is 38.7 Å². The summed E-state index contributed by atoms with van der Waals surface area (Å²) >= 11 is 0. The molecule has 7 aromatic carbocycles. The second kappa shape index (κ2) is 10.4. The second-order valence-electron chi connectivity index (χ2n) is 14.1. The van der Waals surface area contributed by atoms with Gasteiger partial charge in [-0.1, -0.05) is 161 Å². The molecule has 1 heterocycles. The van der Waals surface area contributed by atoms with E-state index in [0.717, 1.165) is 22.1 Å². The maximum absolute atomic E-state index is 5.23. The summed E-state index contributed by atoms with van der Waals surface area (Å²) in [7, 11) is 0. The van der Waals surface area contributed by atoms with Crippen molar-refractivity contribution in [2.24, 2.45) is 0 Å². The zero-order valence-corrected chi connectivity index (χ0v) is 27.6. The monoisotopic (exact) mass is 617 g/mol. The maximum atomic E-state index is 5.23. The van der Waals surface area contributed by atoms with Crippen LogP contribution in [0.3, 0.4) is 0 Å². The van der Waals surface area contributed by atoms with Crippen molar-refractivity contribution < 1.29 is 0 Å². The fraction of sp³-hybridized carbons (Fsp3) is 0.133. The number of aromatic nitrogens is 3. The first-order chi connectivity index (χ1) is 23.3. The van der Waals surface area contributed by atoms with E-state index in [4.69, 9.17) is 15.0 Å². The predicted octanol–water partition coefficient (Wildman–Crippen LogP) is 11.6. The Morgan fingerprint density at radius 2 is 0.917 bits per heavy atom. The normalized spacial score (nSPS) is 14.6. The largest absolute Gasteiger partial charge is 0.208 e. The van der Waals surface area contributed by atoms with Gasteiger partial charge < -0.3 is 0 Å². The van der Waals surface area contributed by atoms with E-state index in [0.29, 0.717) is 17.5 Å². The zero-order valence-electron chi connectivity index (χ0n) is 27.6. The van der Waals surface area contributed by atoms with Gasteiger partial charge in [0, 0.05) is 16.7 Å². The van der Waals surface area contributed by atoms with Crippen LogP contribution in [0.2, 0.25) is 0 Å². The average molecular weight is 618 g/mol. The van der Waals surface area contributed by atoms with Gasteiger partial charge in [-0.05, 0) is 71.5 Å². The number of benzene rings is 7.